The van der Waals surface area contributed by atoms with Crippen molar-refractivity contribution in [2.75, 3.05) is 26.7 Å². The quantitative estimate of drug-likeness (QED) is 0.902. The Morgan fingerprint density at radius 1 is 1.47 bits per heavy atom. The molecule has 0 bridgehead atoms. The number of nitrogens with zero attached hydrogens (tertiary/aromatic N) is 4. The van der Waals surface area contributed by atoms with E-state index in [2.05, 4.69) is 48.3 Å². The number of nitrogens with one attached hydrogen (secondary N) is 1. The number of rotatable bonds is 2. The summed E-state index contributed by atoms with van der Waals surface area (Å²) in [7, 11) is 2.07. The largest absolute Gasteiger partial charge is 0.334 e. The van der Waals surface area contributed by atoms with Gasteiger partial charge < -0.3 is 9.84 Å². The van der Waals surface area contributed by atoms with Crippen LogP contribution in [-0.2, 0) is 0 Å². The molecule has 2 aromatic rings. The normalized spacial score (nSPS) is 20.6. The Kier molecular flexibility index (Phi) is 3.58. The van der Waals surface area contributed by atoms with Crippen molar-refractivity contribution in [2.45, 2.75) is 6.04 Å². The van der Waals surface area contributed by atoms with E-state index >= 15 is 0 Å². The molecule has 0 aromatic carbocycles. The predicted molar refractivity (Wildman–Crippen MR) is 73.5 cm³/mol. The van der Waals surface area contributed by atoms with Crippen molar-refractivity contribution in [3.05, 3.63) is 28.8 Å². The zero-order valence-corrected chi connectivity index (χ0v) is 12.1. The Morgan fingerprint density at radius 3 is 3.16 bits per heavy atom. The molecule has 3 rings (SSSR count). The zero-order chi connectivity index (χ0) is 13.2. The van der Waals surface area contributed by atoms with E-state index in [9.17, 15) is 0 Å². The lowest BCUT2D eigenvalue weighted by Crippen LogP contribution is -2.44. The fourth-order valence-electron chi connectivity index (χ4n) is 2.11. The Balaban J connectivity index is 1.86. The van der Waals surface area contributed by atoms with E-state index in [0.29, 0.717) is 11.7 Å². The topological polar surface area (TPSA) is 67.1 Å². The average Bonchev–Trinajstić information content (AvgIpc) is 2.89. The lowest BCUT2D eigenvalue weighted by atomic mass is 10.2. The highest BCUT2D eigenvalue weighted by Gasteiger charge is 2.25. The number of hydrogen-bond acceptors (Lipinski definition) is 6. The first-order chi connectivity index (χ1) is 9.24. The molecular formula is C12H14BrN5O. The van der Waals surface area contributed by atoms with E-state index in [-0.39, 0.29) is 6.04 Å². The van der Waals surface area contributed by atoms with Gasteiger partial charge in [-0.05, 0) is 29.0 Å². The van der Waals surface area contributed by atoms with Gasteiger partial charge in [-0.2, -0.15) is 4.98 Å². The van der Waals surface area contributed by atoms with Crippen molar-refractivity contribution in [2.24, 2.45) is 0 Å². The molecule has 1 atom stereocenters. The van der Waals surface area contributed by atoms with Gasteiger partial charge in [-0.15, -0.1) is 0 Å². The molecule has 7 heteroatoms. The second-order valence-corrected chi connectivity index (χ2v) is 5.47. The minimum Gasteiger partial charge on any atom is -0.334 e. The molecule has 6 nitrogen and oxygen atoms in total. The number of piperazine rings is 1. The van der Waals surface area contributed by atoms with E-state index in [4.69, 9.17) is 4.52 Å². The molecule has 0 radical (unpaired) electrons. The Hall–Kier alpha value is -1.31. The number of pyridine rings is 1. The van der Waals surface area contributed by atoms with Crippen LogP contribution in [-0.4, -0.2) is 46.7 Å². The van der Waals surface area contributed by atoms with Crippen LogP contribution in [0, 0.1) is 0 Å². The summed E-state index contributed by atoms with van der Waals surface area (Å²) >= 11 is 3.38. The van der Waals surface area contributed by atoms with E-state index < -0.39 is 0 Å². The lowest BCUT2D eigenvalue weighted by molar-refractivity contribution is 0.190. The fraction of sp³-hybridized carbons (Fsp3) is 0.417. The first-order valence-corrected chi connectivity index (χ1v) is 6.89. The van der Waals surface area contributed by atoms with Gasteiger partial charge in [0.15, 0.2) is 5.82 Å². The number of halogens is 1. The molecule has 0 aliphatic carbocycles. The van der Waals surface area contributed by atoms with E-state index in [1.54, 1.807) is 12.4 Å². The van der Waals surface area contributed by atoms with Crippen molar-refractivity contribution in [1.29, 1.82) is 0 Å². The standard InChI is InChI=1S/C12H14BrN5O/c1-18-3-2-14-7-10(18)11-16-12(19-17-11)8-4-9(13)6-15-5-8/h4-6,10,14H,2-3,7H2,1H3. The second-order valence-electron chi connectivity index (χ2n) is 4.55. The highest BCUT2D eigenvalue weighted by atomic mass is 79.9. The summed E-state index contributed by atoms with van der Waals surface area (Å²) in [5.74, 6) is 1.22. The first-order valence-electron chi connectivity index (χ1n) is 6.09. The van der Waals surface area contributed by atoms with Crippen molar-refractivity contribution < 1.29 is 4.52 Å². The minimum absolute atomic E-state index is 0.159. The van der Waals surface area contributed by atoms with Crippen LogP contribution in [0.15, 0.2) is 27.5 Å². The lowest BCUT2D eigenvalue weighted by Gasteiger charge is -2.30. The SMILES string of the molecule is CN1CCNCC1c1noc(-c2cncc(Br)c2)n1. The van der Waals surface area contributed by atoms with Gasteiger partial charge >= 0.3 is 0 Å². The molecule has 1 saturated heterocycles. The van der Waals surface area contributed by atoms with E-state index in [0.717, 1.165) is 29.7 Å². The molecule has 19 heavy (non-hydrogen) atoms. The van der Waals surface area contributed by atoms with Crippen molar-refractivity contribution >= 4 is 15.9 Å². The Bertz CT molecular complexity index is 573. The predicted octanol–water partition coefficient (Wildman–Crippen LogP) is 1.47. The molecule has 2 aromatic heterocycles. The summed E-state index contributed by atoms with van der Waals surface area (Å²) in [6.07, 6.45) is 3.44. The Labute approximate surface area is 119 Å². The summed E-state index contributed by atoms with van der Waals surface area (Å²) in [6.45, 7) is 2.81. The van der Waals surface area contributed by atoms with Crippen molar-refractivity contribution in [3.8, 4) is 11.5 Å². The minimum atomic E-state index is 0.159. The average molecular weight is 324 g/mol. The van der Waals surface area contributed by atoms with Crippen molar-refractivity contribution in [3.63, 3.8) is 0 Å². The monoisotopic (exact) mass is 323 g/mol. The molecule has 0 amide bonds. The van der Waals surface area contributed by atoms with Gasteiger partial charge in [0, 0.05) is 36.5 Å². The molecule has 1 aliphatic rings. The molecule has 0 saturated carbocycles. The van der Waals surface area contributed by atoms with Crippen LogP contribution in [0.4, 0.5) is 0 Å². The smallest absolute Gasteiger partial charge is 0.259 e. The summed E-state index contributed by atoms with van der Waals surface area (Å²) in [6, 6.07) is 2.07. The van der Waals surface area contributed by atoms with Gasteiger partial charge in [0.1, 0.15) is 0 Å². The van der Waals surface area contributed by atoms with E-state index in [1.165, 1.54) is 0 Å². The summed E-state index contributed by atoms with van der Waals surface area (Å²) in [5.41, 5.74) is 0.819. The third-order valence-electron chi connectivity index (χ3n) is 3.20. The molecule has 1 unspecified atom stereocenters. The maximum absolute atomic E-state index is 5.33. The molecule has 1 fully saturated rings. The second kappa shape index (κ2) is 5.36. The van der Waals surface area contributed by atoms with Crippen LogP contribution in [0.5, 0.6) is 0 Å². The first kappa shape index (κ1) is 12.7. The van der Waals surface area contributed by atoms with Gasteiger partial charge in [0.05, 0.1) is 11.6 Å². The molecule has 100 valence electrons. The third kappa shape index (κ3) is 2.68. The number of likely N-dealkylation sites (N-methyl/N-ethyl adjacent to an activating group) is 1. The van der Waals surface area contributed by atoms with Crippen LogP contribution in [0.3, 0.4) is 0 Å². The Morgan fingerprint density at radius 2 is 2.37 bits per heavy atom. The van der Waals surface area contributed by atoms with Gasteiger partial charge in [-0.25, -0.2) is 0 Å². The van der Waals surface area contributed by atoms with Crippen LogP contribution in [0.25, 0.3) is 11.5 Å². The maximum Gasteiger partial charge on any atom is 0.259 e. The van der Waals surface area contributed by atoms with E-state index in [1.807, 2.05) is 6.07 Å². The summed E-state index contributed by atoms with van der Waals surface area (Å²) in [5, 5.41) is 7.42. The third-order valence-corrected chi connectivity index (χ3v) is 3.64. The highest BCUT2D eigenvalue weighted by Crippen LogP contribution is 2.23. The van der Waals surface area contributed by atoms with Gasteiger partial charge in [0.2, 0.25) is 0 Å². The van der Waals surface area contributed by atoms with Gasteiger partial charge in [-0.3, -0.25) is 9.88 Å². The van der Waals surface area contributed by atoms with Gasteiger partial charge in [0.25, 0.3) is 5.89 Å². The van der Waals surface area contributed by atoms with Crippen molar-refractivity contribution in [1.82, 2.24) is 25.3 Å². The summed E-state index contributed by atoms with van der Waals surface area (Å²) in [4.78, 5) is 10.8. The van der Waals surface area contributed by atoms with Crippen LogP contribution < -0.4 is 5.32 Å². The highest BCUT2D eigenvalue weighted by molar-refractivity contribution is 9.10. The maximum atomic E-state index is 5.33. The number of hydrogen-bond donors (Lipinski definition) is 1. The summed E-state index contributed by atoms with van der Waals surface area (Å²) < 4.78 is 6.22. The fourth-order valence-corrected chi connectivity index (χ4v) is 2.48. The number of aromatic nitrogens is 3. The van der Waals surface area contributed by atoms with Crippen LogP contribution >= 0.6 is 15.9 Å². The van der Waals surface area contributed by atoms with Crippen LogP contribution in [0.2, 0.25) is 0 Å². The molecule has 1 aliphatic heterocycles. The molecule has 1 N–H and O–H groups in total. The molecule has 0 spiro atoms. The molecular weight excluding hydrogens is 310 g/mol. The zero-order valence-electron chi connectivity index (χ0n) is 10.5. The van der Waals surface area contributed by atoms with Gasteiger partial charge in [-0.1, -0.05) is 5.16 Å². The van der Waals surface area contributed by atoms with Crippen LogP contribution in [0.1, 0.15) is 11.9 Å². The molecule has 3 heterocycles.